The molecular formula is C10H15NO3S. The highest BCUT2D eigenvalue weighted by Crippen LogP contribution is 2.60. The second-order valence-corrected chi connectivity index (χ2v) is 7.01. The Bertz CT molecular complexity index is 355. The average Bonchev–Trinajstić information content (AvgIpc) is 2.29. The van der Waals surface area contributed by atoms with Crippen LogP contribution in [-0.2, 0) is 9.59 Å². The number of carbonyl (C=O) groups excluding carboxylic acids is 1. The zero-order chi connectivity index (χ0) is 11.6. The number of carboxylic acid groups (broad SMARTS) is 1. The molecule has 2 heterocycles. The lowest BCUT2D eigenvalue weighted by Gasteiger charge is -2.50. The first-order valence-electron chi connectivity index (χ1n) is 4.98. The van der Waals surface area contributed by atoms with Crippen LogP contribution in [-0.4, -0.2) is 37.5 Å². The number of carboxylic acids is 1. The van der Waals surface area contributed by atoms with Crippen LogP contribution in [0.5, 0.6) is 0 Å². The molecule has 3 atom stereocenters. The molecule has 15 heavy (non-hydrogen) atoms. The van der Waals surface area contributed by atoms with Gasteiger partial charge in [-0.3, -0.25) is 4.79 Å². The number of thioether (sulfide) groups is 1. The minimum absolute atomic E-state index is 0.0389. The lowest BCUT2D eigenvalue weighted by molar-refractivity contribution is -0.169. The fourth-order valence-corrected chi connectivity index (χ4v) is 4.58. The summed E-state index contributed by atoms with van der Waals surface area (Å²) in [6.07, 6.45) is 0. The lowest BCUT2D eigenvalue weighted by atomic mass is 9.85. The van der Waals surface area contributed by atoms with Crippen molar-refractivity contribution in [1.82, 2.24) is 4.90 Å². The van der Waals surface area contributed by atoms with E-state index in [9.17, 15) is 14.7 Å². The van der Waals surface area contributed by atoms with Crippen molar-refractivity contribution in [2.45, 2.75) is 43.4 Å². The minimum Gasteiger partial charge on any atom is -0.480 e. The van der Waals surface area contributed by atoms with Crippen LogP contribution >= 0.6 is 11.8 Å². The van der Waals surface area contributed by atoms with Crippen LogP contribution in [0.2, 0.25) is 0 Å². The predicted molar refractivity (Wildman–Crippen MR) is 57.5 cm³/mol. The zero-order valence-electron chi connectivity index (χ0n) is 9.27. The third kappa shape index (κ3) is 1.10. The van der Waals surface area contributed by atoms with E-state index < -0.39 is 16.8 Å². The number of hydrogen-bond donors (Lipinski definition) is 1. The Morgan fingerprint density at radius 3 is 2.47 bits per heavy atom. The van der Waals surface area contributed by atoms with E-state index in [1.54, 1.807) is 11.8 Å². The summed E-state index contributed by atoms with van der Waals surface area (Å²) in [7, 11) is 0. The summed E-state index contributed by atoms with van der Waals surface area (Å²) in [5.41, 5.74) is 0. The highest BCUT2D eigenvalue weighted by Gasteiger charge is 2.69. The zero-order valence-corrected chi connectivity index (χ0v) is 10.1. The quantitative estimate of drug-likeness (QED) is 0.685. The van der Waals surface area contributed by atoms with Crippen LogP contribution in [0.4, 0.5) is 0 Å². The van der Waals surface area contributed by atoms with Gasteiger partial charge in [-0.1, -0.05) is 6.92 Å². The fraction of sp³-hybridized carbons (Fsp3) is 0.800. The molecule has 0 aromatic heterocycles. The number of carbonyl (C=O) groups is 2. The number of β-lactam (4-membered cyclic amide) rings is 1. The first-order valence-corrected chi connectivity index (χ1v) is 5.79. The molecular weight excluding hydrogens is 214 g/mol. The van der Waals surface area contributed by atoms with Gasteiger partial charge in [-0.05, 0) is 20.8 Å². The summed E-state index contributed by atoms with van der Waals surface area (Å²) in [5.74, 6) is -1.02. The summed E-state index contributed by atoms with van der Waals surface area (Å²) >= 11 is 1.59. The van der Waals surface area contributed by atoms with Crippen molar-refractivity contribution in [3.63, 3.8) is 0 Å². The van der Waals surface area contributed by atoms with E-state index in [4.69, 9.17) is 0 Å². The van der Waals surface area contributed by atoms with Gasteiger partial charge in [-0.15, -0.1) is 11.8 Å². The second-order valence-electron chi connectivity index (χ2n) is 4.93. The number of amides is 1. The molecule has 2 aliphatic rings. The van der Waals surface area contributed by atoms with Gasteiger partial charge in [0, 0.05) is 4.75 Å². The Kier molecular flexibility index (Phi) is 1.94. The molecule has 2 rings (SSSR count). The SMILES string of the molecule is CC1C(=O)N2C(C(=O)O)C(C)(C)SC12C. The van der Waals surface area contributed by atoms with Crippen molar-refractivity contribution in [3.05, 3.63) is 0 Å². The highest BCUT2D eigenvalue weighted by molar-refractivity contribution is 8.02. The molecule has 84 valence electrons. The number of aliphatic carboxylic acids is 1. The van der Waals surface area contributed by atoms with Crippen LogP contribution in [0, 0.1) is 5.92 Å². The average molecular weight is 229 g/mol. The topological polar surface area (TPSA) is 57.6 Å². The van der Waals surface area contributed by atoms with Crippen molar-refractivity contribution >= 4 is 23.6 Å². The van der Waals surface area contributed by atoms with Crippen molar-refractivity contribution in [3.8, 4) is 0 Å². The molecule has 0 aromatic carbocycles. The van der Waals surface area contributed by atoms with Crippen molar-refractivity contribution in [2.24, 2.45) is 5.92 Å². The summed E-state index contributed by atoms with van der Waals surface area (Å²) in [6.45, 7) is 7.60. The molecule has 0 aliphatic carbocycles. The standard InChI is InChI=1S/C10H15NO3S/c1-5-7(12)11-6(8(13)14)9(2,3)15-10(5,11)4/h5-6H,1-4H3,(H,13,14). The second kappa shape index (κ2) is 2.70. The van der Waals surface area contributed by atoms with E-state index >= 15 is 0 Å². The third-order valence-electron chi connectivity index (χ3n) is 3.51. The molecule has 0 radical (unpaired) electrons. The molecule has 0 bridgehead atoms. The first kappa shape index (κ1) is 10.8. The maximum Gasteiger partial charge on any atom is 0.327 e. The Hall–Kier alpha value is -0.710. The van der Waals surface area contributed by atoms with Crippen LogP contribution < -0.4 is 0 Å². The van der Waals surface area contributed by atoms with E-state index in [1.165, 1.54) is 4.90 Å². The van der Waals surface area contributed by atoms with Gasteiger partial charge in [0.2, 0.25) is 5.91 Å². The van der Waals surface area contributed by atoms with Crippen LogP contribution in [0.15, 0.2) is 0 Å². The molecule has 0 spiro atoms. The molecule has 2 aliphatic heterocycles. The van der Waals surface area contributed by atoms with Crippen molar-refractivity contribution < 1.29 is 14.7 Å². The molecule has 2 fully saturated rings. The summed E-state index contributed by atoms with van der Waals surface area (Å²) in [4.78, 5) is 24.1. The van der Waals surface area contributed by atoms with Gasteiger partial charge >= 0.3 is 5.97 Å². The Balaban J connectivity index is 2.42. The normalized spacial score (nSPS) is 42.4. The van der Waals surface area contributed by atoms with Gasteiger partial charge in [-0.2, -0.15) is 0 Å². The van der Waals surface area contributed by atoms with Gasteiger partial charge in [-0.25, -0.2) is 4.79 Å². The largest absolute Gasteiger partial charge is 0.480 e. The molecule has 0 saturated carbocycles. The summed E-state index contributed by atoms with van der Waals surface area (Å²) < 4.78 is -0.416. The minimum atomic E-state index is -0.906. The van der Waals surface area contributed by atoms with E-state index in [0.29, 0.717) is 0 Å². The first-order chi connectivity index (χ1) is 6.72. The van der Waals surface area contributed by atoms with E-state index in [2.05, 4.69) is 0 Å². The fourth-order valence-electron chi connectivity index (χ4n) is 2.63. The predicted octanol–water partition coefficient (Wildman–Crippen LogP) is 1.16. The van der Waals surface area contributed by atoms with Crippen molar-refractivity contribution in [2.75, 3.05) is 0 Å². The smallest absolute Gasteiger partial charge is 0.327 e. The van der Waals surface area contributed by atoms with Gasteiger partial charge < -0.3 is 10.0 Å². The maximum atomic E-state index is 11.7. The number of nitrogens with zero attached hydrogens (tertiary/aromatic N) is 1. The Labute approximate surface area is 93.0 Å². The van der Waals surface area contributed by atoms with E-state index in [-0.39, 0.29) is 16.7 Å². The number of rotatable bonds is 1. The molecule has 1 N–H and O–H groups in total. The third-order valence-corrected chi connectivity index (χ3v) is 5.22. The monoisotopic (exact) mass is 229 g/mol. The van der Waals surface area contributed by atoms with Gasteiger partial charge in [0.25, 0.3) is 0 Å². The van der Waals surface area contributed by atoms with Gasteiger partial charge in [0.15, 0.2) is 0 Å². The Morgan fingerprint density at radius 2 is 2.00 bits per heavy atom. The molecule has 1 amide bonds. The lowest BCUT2D eigenvalue weighted by Crippen LogP contribution is -2.67. The highest BCUT2D eigenvalue weighted by atomic mass is 32.2. The summed E-state index contributed by atoms with van der Waals surface area (Å²) in [6, 6.07) is -0.698. The van der Waals surface area contributed by atoms with Crippen LogP contribution in [0.25, 0.3) is 0 Å². The van der Waals surface area contributed by atoms with Gasteiger partial charge in [0.05, 0.1) is 10.8 Å². The van der Waals surface area contributed by atoms with E-state index in [0.717, 1.165) is 0 Å². The molecule has 5 heteroatoms. The maximum absolute atomic E-state index is 11.7. The van der Waals surface area contributed by atoms with Crippen LogP contribution in [0.3, 0.4) is 0 Å². The summed E-state index contributed by atoms with van der Waals surface area (Å²) in [5, 5.41) is 9.18. The molecule has 0 aromatic rings. The van der Waals surface area contributed by atoms with E-state index in [1.807, 2.05) is 27.7 Å². The number of fused-ring (bicyclic) bond motifs is 1. The molecule has 3 unspecified atom stereocenters. The van der Waals surface area contributed by atoms with Crippen LogP contribution in [0.1, 0.15) is 27.7 Å². The Morgan fingerprint density at radius 1 is 1.47 bits per heavy atom. The van der Waals surface area contributed by atoms with Gasteiger partial charge in [0.1, 0.15) is 6.04 Å². The van der Waals surface area contributed by atoms with Crippen molar-refractivity contribution in [1.29, 1.82) is 0 Å². The number of hydrogen-bond acceptors (Lipinski definition) is 3. The molecule has 2 saturated heterocycles. The molecule has 4 nitrogen and oxygen atoms in total.